The normalized spacial score (nSPS) is 24.7. The van der Waals surface area contributed by atoms with Crippen LogP contribution in [0.1, 0.15) is 24.2 Å². The first-order valence-electron chi connectivity index (χ1n) is 6.93. The molecule has 3 amide bonds. The molecular weight excluding hydrogens is 270 g/mol. The van der Waals surface area contributed by atoms with Gasteiger partial charge in [0.15, 0.2) is 0 Å². The molecule has 2 atom stereocenters. The minimum atomic E-state index is -0.473. The Morgan fingerprint density at radius 2 is 2.05 bits per heavy atom. The number of nitrogens with zero attached hydrogens (tertiary/aromatic N) is 2. The van der Waals surface area contributed by atoms with Crippen LogP contribution < -0.4 is 0 Å². The highest BCUT2D eigenvalue weighted by Gasteiger charge is 2.51. The molecule has 0 aliphatic carbocycles. The van der Waals surface area contributed by atoms with E-state index in [2.05, 4.69) is 4.98 Å². The van der Waals surface area contributed by atoms with Crippen molar-refractivity contribution in [2.45, 2.75) is 25.4 Å². The molecule has 2 aliphatic heterocycles. The summed E-state index contributed by atoms with van der Waals surface area (Å²) in [5.41, 5.74) is 3.17. The maximum atomic E-state index is 12.3. The van der Waals surface area contributed by atoms with Crippen LogP contribution in [0.5, 0.6) is 0 Å². The number of nitrogens with one attached hydrogen (secondary N) is 1. The van der Waals surface area contributed by atoms with E-state index in [1.807, 2.05) is 31.2 Å². The standard InChI is InChI=1S/C15H15N3O3/c1-8-13-10(9-5-3-4-6-11(9)16-13)7-12-14(19)18(21-2)15(20)17(8)12/h3-6,8,12,16H,7H2,1-2H3. The van der Waals surface area contributed by atoms with Gasteiger partial charge in [0.2, 0.25) is 0 Å². The smallest absolute Gasteiger partial charge is 0.352 e. The quantitative estimate of drug-likeness (QED) is 0.815. The summed E-state index contributed by atoms with van der Waals surface area (Å²) < 4.78 is 0. The van der Waals surface area contributed by atoms with Gasteiger partial charge >= 0.3 is 6.03 Å². The maximum Gasteiger partial charge on any atom is 0.352 e. The lowest BCUT2D eigenvalue weighted by molar-refractivity contribution is -0.156. The van der Waals surface area contributed by atoms with Crippen molar-refractivity contribution in [2.75, 3.05) is 7.11 Å². The summed E-state index contributed by atoms with van der Waals surface area (Å²) in [5, 5.41) is 1.98. The van der Waals surface area contributed by atoms with Crippen molar-refractivity contribution in [1.82, 2.24) is 14.9 Å². The molecule has 108 valence electrons. The summed E-state index contributed by atoms with van der Waals surface area (Å²) in [4.78, 5) is 34.5. The molecule has 21 heavy (non-hydrogen) atoms. The number of fused-ring (bicyclic) bond motifs is 4. The fraction of sp³-hybridized carbons (Fsp3) is 0.333. The molecule has 6 nitrogen and oxygen atoms in total. The van der Waals surface area contributed by atoms with Crippen LogP contribution >= 0.6 is 0 Å². The zero-order valence-corrected chi connectivity index (χ0v) is 11.8. The van der Waals surface area contributed by atoms with Crippen molar-refractivity contribution in [3.63, 3.8) is 0 Å². The van der Waals surface area contributed by atoms with Crippen molar-refractivity contribution in [3.8, 4) is 0 Å². The summed E-state index contributed by atoms with van der Waals surface area (Å²) in [6.45, 7) is 1.94. The molecule has 1 aromatic heterocycles. The Hall–Kier alpha value is -2.34. The molecule has 1 N–H and O–H groups in total. The number of hydrogen-bond acceptors (Lipinski definition) is 3. The zero-order chi connectivity index (χ0) is 14.7. The van der Waals surface area contributed by atoms with Gasteiger partial charge in [0, 0.05) is 23.0 Å². The molecule has 0 bridgehead atoms. The van der Waals surface area contributed by atoms with E-state index >= 15 is 0 Å². The number of hydroxylamine groups is 2. The van der Waals surface area contributed by atoms with Gasteiger partial charge in [-0.05, 0) is 18.6 Å². The average Bonchev–Trinajstić information content (AvgIpc) is 2.97. The summed E-state index contributed by atoms with van der Waals surface area (Å²) in [7, 11) is 1.34. The number of benzene rings is 1. The van der Waals surface area contributed by atoms with Gasteiger partial charge in [-0.2, -0.15) is 0 Å². The number of carbonyl (C=O) groups is 2. The summed E-state index contributed by atoms with van der Waals surface area (Å²) in [6.07, 6.45) is 0.522. The highest BCUT2D eigenvalue weighted by molar-refractivity contribution is 6.04. The Balaban J connectivity index is 1.88. The second-order valence-corrected chi connectivity index (χ2v) is 5.46. The molecular formula is C15H15N3O3. The van der Waals surface area contributed by atoms with Crippen LogP contribution in [0, 0.1) is 0 Å². The largest absolute Gasteiger partial charge is 0.356 e. The van der Waals surface area contributed by atoms with Crippen LogP contribution in [0.25, 0.3) is 10.9 Å². The van der Waals surface area contributed by atoms with Gasteiger partial charge in [-0.3, -0.25) is 9.63 Å². The third-order valence-electron chi connectivity index (χ3n) is 4.48. The SMILES string of the molecule is CON1C(=O)C2Cc3c([nH]c4ccccc34)C(C)N2C1=O. The number of aromatic nitrogens is 1. The zero-order valence-electron chi connectivity index (χ0n) is 11.8. The predicted octanol–water partition coefficient (Wildman–Crippen LogP) is 1.98. The van der Waals surface area contributed by atoms with E-state index in [0.717, 1.165) is 27.2 Å². The first-order chi connectivity index (χ1) is 10.1. The molecule has 1 saturated heterocycles. The molecule has 1 aromatic carbocycles. The van der Waals surface area contributed by atoms with Gasteiger partial charge in [0.1, 0.15) is 6.04 Å². The summed E-state index contributed by atoms with van der Waals surface area (Å²) in [5.74, 6) is -0.287. The van der Waals surface area contributed by atoms with Crippen LogP contribution in [-0.4, -0.2) is 40.0 Å². The Kier molecular flexibility index (Phi) is 2.41. The molecule has 6 heteroatoms. The minimum absolute atomic E-state index is 0.178. The van der Waals surface area contributed by atoms with Gasteiger partial charge in [-0.1, -0.05) is 18.2 Å². The van der Waals surface area contributed by atoms with E-state index < -0.39 is 6.04 Å². The third kappa shape index (κ3) is 1.45. The van der Waals surface area contributed by atoms with E-state index in [1.54, 1.807) is 4.90 Å². The van der Waals surface area contributed by atoms with Crippen LogP contribution in [0.4, 0.5) is 4.79 Å². The summed E-state index contributed by atoms with van der Waals surface area (Å²) in [6, 6.07) is 6.97. The van der Waals surface area contributed by atoms with E-state index in [4.69, 9.17) is 4.84 Å². The van der Waals surface area contributed by atoms with Crippen LogP contribution in [-0.2, 0) is 16.1 Å². The number of hydrogen-bond donors (Lipinski definition) is 1. The second kappa shape index (κ2) is 4.08. The monoisotopic (exact) mass is 285 g/mol. The van der Waals surface area contributed by atoms with Crippen LogP contribution in [0.15, 0.2) is 24.3 Å². The molecule has 2 unspecified atom stereocenters. The number of urea groups is 1. The lowest BCUT2D eigenvalue weighted by atomic mass is 9.93. The number of carbonyl (C=O) groups excluding carboxylic acids is 2. The fourth-order valence-electron chi connectivity index (χ4n) is 3.51. The number of rotatable bonds is 1. The highest BCUT2D eigenvalue weighted by atomic mass is 16.7. The molecule has 3 heterocycles. The Bertz CT molecular complexity index is 767. The first-order valence-corrected chi connectivity index (χ1v) is 6.93. The predicted molar refractivity (Wildman–Crippen MR) is 75.3 cm³/mol. The van der Waals surface area contributed by atoms with Crippen molar-refractivity contribution in [1.29, 1.82) is 0 Å². The third-order valence-corrected chi connectivity index (χ3v) is 4.48. The van der Waals surface area contributed by atoms with Crippen LogP contribution in [0.3, 0.4) is 0 Å². The Morgan fingerprint density at radius 1 is 1.29 bits per heavy atom. The maximum absolute atomic E-state index is 12.3. The van der Waals surface area contributed by atoms with Gasteiger partial charge in [-0.25, -0.2) is 4.79 Å². The number of amides is 3. The fourth-order valence-corrected chi connectivity index (χ4v) is 3.51. The van der Waals surface area contributed by atoms with Crippen molar-refractivity contribution >= 4 is 22.8 Å². The topological polar surface area (TPSA) is 65.6 Å². The Morgan fingerprint density at radius 3 is 2.81 bits per heavy atom. The van der Waals surface area contributed by atoms with Crippen LogP contribution in [0.2, 0.25) is 0 Å². The molecule has 2 aliphatic rings. The lowest BCUT2D eigenvalue weighted by Crippen LogP contribution is -2.42. The molecule has 0 saturated carbocycles. The van der Waals surface area contributed by atoms with Gasteiger partial charge in [0.05, 0.1) is 13.2 Å². The van der Waals surface area contributed by atoms with Gasteiger partial charge in [0.25, 0.3) is 5.91 Å². The Labute approximate surface area is 121 Å². The van der Waals surface area contributed by atoms with Crippen molar-refractivity contribution in [2.24, 2.45) is 0 Å². The first kappa shape index (κ1) is 12.4. The molecule has 1 fully saturated rings. The molecule has 2 aromatic rings. The average molecular weight is 285 g/mol. The minimum Gasteiger partial charge on any atom is -0.356 e. The molecule has 4 rings (SSSR count). The number of aromatic amines is 1. The van der Waals surface area contributed by atoms with Crippen molar-refractivity contribution in [3.05, 3.63) is 35.5 Å². The summed E-state index contributed by atoms with van der Waals surface area (Å²) >= 11 is 0. The van der Waals surface area contributed by atoms with E-state index in [0.29, 0.717) is 6.42 Å². The van der Waals surface area contributed by atoms with E-state index in [9.17, 15) is 9.59 Å². The molecule has 0 radical (unpaired) electrons. The van der Waals surface area contributed by atoms with E-state index in [1.165, 1.54) is 7.11 Å². The van der Waals surface area contributed by atoms with Gasteiger partial charge < -0.3 is 9.88 Å². The lowest BCUT2D eigenvalue weighted by Gasteiger charge is -2.33. The number of para-hydroxylation sites is 1. The highest BCUT2D eigenvalue weighted by Crippen LogP contribution is 2.40. The van der Waals surface area contributed by atoms with Gasteiger partial charge in [-0.15, -0.1) is 5.06 Å². The number of H-pyrrole nitrogens is 1. The second-order valence-electron chi connectivity index (χ2n) is 5.46. The van der Waals surface area contributed by atoms with E-state index in [-0.39, 0.29) is 18.0 Å². The molecule has 0 spiro atoms. The van der Waals surface area contributed by atoms with Crippen molar-refractivity contribution < 1.29 is 14.4 Å². The number of imide groups is 1.